The normalized spacial score (nSPS) is 11.2. The Bertz CT molecular complexity index is 787. The molecule has 0 aliphatic rings. The molecule has 0 aliphatic heterocycles. The monoisotopic (exact) mass is 301 g/mol. The summed E-state index contributed by atoms with van der Waals surface area (Å²) in [6.45, 7) is 4.55. The molecule has 0 bridgehead atoms. The first-order chi connectivity index (χ1) is 10.1. The number of nitrogens with zero attached hydrogens (tertiary/aromatic N) is 5. The fourth-order valence-corrected chi connectivity index (χ4v) is 2.77. The van der Waals surface area contributed by atoms with Gasteiger partial charge in [-0.1, -0.05) is 31.3 Å². The maximum atomic E-state index is 12.0. The molecule has 108 valence electrons. The van der Waals surface area contributed by atoms with Gasteiger partial charge >= 0.3 is 0 Å². The second-order valence-corrected chi connectivity index (χ2v) is 6.03. The van der Waals surface area contributed by atoms with Gasteiger partial charge in [0.1, 0.15) is 10.0 Å². The van der Waals surface area contributed by atoms with Gasteiger partial charge in [0.15, 0.2) is 5.82 Å². The van der Waals surface area contributed by atoms with Crippen molar-refractivity contribution in [1.82, 2.24) is 24.5 Å². The van der Waals surface area contributed by atoms with Crippen molar-refractivity contribution in [2.24, 2.45) is 0 Å². The standard InChI is InChI=1S/C14H15N5OS/c1-10(2)14-17-16-12(21-14)9-19-13(20)6-8-18(19)11-5-3-4-7-15-11/h3-8,10H,9H2,1-2H3. The Morgan fingerprint density at radius 2 is 2.10 bits per heavy atom. The van der Waals surface area contributed by atoms with Crippen molar-refractivity contribution >= 4 is 11.3 Å². The van der Waals surface area contributed by atoms with Gasteiger partial charge in [0.25, 0.3) is 5.56 Å². The van der Waals surface area contributed by atoms with E-state index in [1.54, 1.807) is 21.8 Å². The summed E-state index contributed by atoms with van der Waals surface area (Å²) in [5.74, 6) is 1.05. The molecule has 21 heavy (non-hydrogen) atoms. The smallest absolute Gasteiger partial charge is 0.267 e. The highest BCUT2D eigenvalue weighted by atomic mass is 32.1. The summed E-state index contributed by atoms with van der Waals surface area (Å²) in [4.78, 5) is 16.3. The predicted octanol–water partition coefficient (Wildman–Crippen LogP) is 2.06. The lowest BCUT2D eigenvalue weighted by Gasteiger charge is -2.08. The van der Waals surface area contributed by atoms with Crippen LogP contribution in [-0.2, 0) is 6.54 Å². The SMILES string of the molecule is CC(C)c1nnc(Cn2c(=O)ccn2-c2ccccn2)s1. The zero-order chi connectivity index (χ0) is 14.8. The molecule has 0 radical (unpaired) electrons. The van der Waals surface area contributed by atoms with Crippen LogP contribution in [0.3, 0.4) is 0 Å². The van der Waals surface area contributed by atoms with Crippen LogP contribution in [0.1, 0.15) is 29.8 Å². The lowest BCUT2D eigenvalue weighted by Crippen LogP contribution is -2.22. The lowest BCUT2D eigenvalue weighted by molar-refractivity contribution is 0.573. The highest BCUT2D eigenvalue weighted by molar-refractivity contribution is 7.11. The molecule has 0 fully saturated rings. The van der Waals surface area contributed by atoms with Crippen LogP contribution in [0.5, 0.6) is 0 Å². The average Bonchev–Trinajstić information content (AvgIpc) is 3.09. The van der Waals surface area contributed by atoms with Gasteiger partial charge in [-0.05, 0) is 12.1 Å². The summed E-state index contributed by atoms with van der Waals surface area (Å²) in [5.41, 5.74) is -0.0815. The molecule has 7 heteroatoms. The van der Waals surface area contributed by atoms with Crippen LogP contribution in [0.25, 0.3) is 5.82 Å². The van der Waals surface area contributed by atoms with Crippen LogP contribution in [0.2, 0.25) is 0 Å². The Kier molecular flexibility index (Phi) is 3.66. The molecule has 0 aliphatic carbocycles. The number of hydrogen-bond acceptors (Lipinski definition) is 5. The number of rotatable bonds is 4. The fraction of sp³-hybridized carbons (Fsp3) is 0.286. The van der Waals surface area contributed by atoms with Crippen molar-refractivity contribution in [3.63, 3.8) is 0 Å². The molecule has 0 amide bonds. The molecule has 3 aromatic rings. The Morgan fingerprint density at radius 1 is 1.24 bits per heavy atom. The van der Waals surface area contributed by atoms with Gasteiger partial charge in [-0.3, -0.25) is 4.79 Å². The summed E-state index contributed by atoms with van der Waals surface area (Å²) in [6, 6.07) is 7.11. The van der Waals surface area contributed by atoms with E-state index in [4.69, 9.17) is 0 Å². The molecule has 0 spiro atoms. The van der Waals surface area contributed by atoms with Crippen LogP contribution in [-0.4, -0.2) is 24.5 Å². The van der Waals surface area contributed by atoms with Gasteiger partial charge < -0.3 is 0 Å². The van der Waals surface area contributed by atoms with Crippen LogP contribution >= 0.6 is 11.3 Å². The first-order valence-electron chi connectivity index (χ1n) is 6.67. The largest absolute Gasteiger partial charge is 0.268 e. The minimum Gasteiger partial charge on any atom is -0.268 e. The quantitative estimate of drug-likeness (QED) is 0.740. The summed E-state index contributed by atoms with van der Waals surface area (Å²) in [7, 11) is 0. The predicted molar refractivity (Wildman–Crippen MR) is 80.9 cm³/mol. The van der Waals surface area contributed by atoms with E-state index < -0.39 is 0 Å². The summed E-state index contributed by atoms with van der Waals surface area (Å²) < 4.78 is 3.34. The van der Waals surface area contributed by atoms with E-state index in [1.165, 1.54) is 17.4 Å². The molecule has 3 aromatic heterocycles. The molecule has 0 saturated carbocycles. The second kappa shape index (κ2) is 5.61. The first-order valence-corrected chi connectivity index (χ1v) is 7.49. The maximum Gasteiger partial charge on any atom is 0.267 e. The highest BCUT2D eigenvalue weighted by Gasteiger charge is 2.12. The Hall–Kier alpha value is -2.28. The molecule has 0 unspecified atom stereocenters. The van der Waals surface area contributed by atoms with Gasteiger partial charge in [0.05, 0.1) is 6.54 Å². The number of pyridine rings is 1. The van der Waals surface area contributed by atoms with Gasteiger partial charge in [0.2, 0.25) is 0 Å². The van der Waals surface area contributed by atoms with E-state index in [-0.39, 0.29) is 5.56 Å². The molecular formula is C14H15N5OS. The van der Waals surface area contributed by atoms with Gasteiger partial charge in [0, 0.05) is 24.4 Å². The summed E-state index contributed by atoms with van der Waals surface area (Å²) >= 11 is 1.54. The van der Waals surface area contributed by atoms with Gasteiger partial charge in [-0.15, -0.1) is 10.2 Å². The van der Waals surface area contributed by atoms with Crippen LogP contribution in [0.4, 0.5) is 0 Å². The van der Waals surface area contributed by atoms with E-state index in [0.29, 0.717) is 18.3 Å². The third-order valence-electron chi connectivity index (χ3n) is 3.02. The van der Waals surface area contributed by atoms with E-state index >= 15 is 0 Å². The zero-order valence-corrected chi connectivity index (χ0v) is 12.6. The molecule has 0 N–H and O–H groups in total. The topological polar surface area (TPSA) is 65.6 Å². The number of aromatic nitrogens is 5. The lowest BCUT2D eigenvalue weighted by atomic mass is 10.2. The van der Waals surface area contributed by atoms with Crippen LogP contribution in [0.15, 0.2) is 41.5 Å². The maximum absolute atomic E-state index is 12.0. The van der Waals surface area contributed by atoms with Crippen LogP contribution < -0.4 is 5.56 Å². The minimum atomic E-state index is -0.0815. The van der Waals surface area contributed by atoms with Gasteiger partial charge in [-0.25, -0.2) is 14.3 Å². The summed E-state index contributed by atoms with van der Waals surface area (Å²) in [5, 5.41) is 10.1. The van der Waals surface area contributed by atoms with Crippen molar-refractivity contribution in [3.8, 4) is 5.82 Å². The van der Waals surface area contributed by atoms with E-state index in [9.17, 15) is 4.79 Å². The van der Waals surface area contributed by atoms with Crippen molar-refractivity contribution in [2.45, 2.75) is 26.3 Å². The Morgan fingerprint density at radius 3 is 2.76 bits per heavy atom. The van der Waals surface area contributed by atoms with Gasteiger partial charge in [-0.2, -0.15) is 0 Å². The average molecular weight is 301 g/mol. The van der Waals surface area contributed by atoms with E-state index in [1.807, 2.05) is 18.2 Å². The molecule has 3 rings (SSSR count). The summed E-state index contributed by atoms with van der Waals surface area (Å²) in [6.07, 6.45) is 3.42. The highest BCUT2D eigenvalue weighted by Crippen LogP contribution is 2.19. The Balaban J connectivity index is 1.95. The molecule has 3 heterocycles. The minimum absolute atomic E-state index is 0.0815. The third kappa shape index (κ3) is 2.78. The zero-order valence-electron chi connectivity index (χ0n) is 11.8. The Labute approximate surface area is 125 Å². The first kappa shape index (κ1) is 13.7. The third-order valence-corrected chi connectivity index (χ3v) is 4.23. The fourth-order valence-electron chi connectivity index (χ4n) is 1.94. The van der Waals surface area contributed by atoms with Crippen molar-refractivity contribution in [2.75, 3.05) is 0 Å². The second-order valence-electron chi connectivity index (χ2n) is 4.93. The van der Waals surface area contributed by atoms with E-state index in [2.05, 4.69) is 29.0 Å². The van der Waals surface area contributed by atoms with Crippen LogP contribution in [0, 0.1) is 0 Å². The van der Waals surface area contributed by atoms with Crippen molar-refractivity contribution in [1.29, 1.82) is 0 Å². The van der Waals surface area contributed by atoms with Crippen molar-refractivity contribution in [3.05, 3.63) is 57.0 Å². The van der Waals surface area contributed by atoms with Crippen molar-refractivity contribution < 1.29 is 0 Å². The number of hydrogen-bond donors (Lipinski definition) is 0. The van der Waals surface area contributed by atoms with E-state index in [0.717, 1.165) is 10.0 Å². The molecular weight excluding hydrogens is 286 g/mol. The molecule has 0 aromatic carbocycles. The molecule has 0 atom stereocenters. The molecule has 6 nitrogen and oxygen atoms in total. The molecule has 0 saturated heterocycles.